The summed E-state index contributed by atoms with van der Waals surface area (Å²) in [6.07, 6.45) is 1.36. The molecule has 1 aromatic heterocycles. The monoisotopic (exact) mass is 383 g/mol. The Kier molecular flexibility index (Phi) is 5.65. The van der Waals surface area contributed by atoms with Crippen molar-refractivity contribution in [2.24, 2.45) is 0 Å². The molecule has 0 bridgehead atoms. The van der Waals surface area contributed by atoms with Crippen molar-refractivity contribution in [2.45, 2.75) is 26.3 Å². The smallest absolute Gasteiger partial charge is 0.267 e. The molecule has 8 heteroatoms. The molecule has 25 heavy (non-hydrogen) atoms. The summed E-state index contributed by atoms with van der Waals surface area (Å²) in [6, 6.07) is 6.89. The minimum atomic E-state index is -0.833. The summed E-state index contributed by atoms with van der Waals surface area (Å²) in [4.78, 5) is 29.1. The van der Waals surface area contributed by atoms with Crippen molar-refractivity contribution < 1.29 is 14.0 Å². The van der Waals surface area contributed by atoms with Crippen LogP contribution in [0, 0.1) is 5.82 Å². The van der Waals surface area contributed by atoms with Gasteiger partial charge in [-0.1, -0.05) is 35.3 Å². The van der Waals surface area contributed by atoms with Crippen LogP contribution in [0.4, 0.5) is 4.39 Å². The van der Waals surface area contributed by atoms with Gasteiger partial charge in [-0.25, -0.2) is 14.4 Å². The van der Waals surface area contributed by atoms with Crippen molar-refractivity contribution >= 4 is 35.0 Å². The van der Waals surface area contributed by atoms with Crippen molar-refractivity contribution in [3.8, 4) is 0 Å². The number of benzene rings is 1. The zero-order valence-corrected chi connectivity index (χ0v) is 15.3. The minimum absolute atomic E-state index is 0.0467. The topological polar surface area (TPSA) is 62.3 Å². The summed E-state index contributed by atoms with van der Waals surface area (Å²) in [7, 11) is 0. The lowest BCUT2D eigenvalue weighted by Gasteiger charge is -2.35. The van der Waals surface area contributed by atoms with E-state index >= 15 is 0 Å². The highest BCUT2D eigenvalue weighted by atomic mass is 35.5. The molecule has 1 aromatic carbocycles. The molecule has 0 atom stereocenters. The first-order chi connectivity index (χ1) is 11.6. The molecule has 1 heterocycles. The highest BCUT2D eigenvalue weighted by Crippen LogP contribution is 2.26. The van der Waals surface area contributed by atoms with E-state index in [0.717, 1.165) is 11.1 Å². The number of rotatable bonds is 2. The standard InChI is InChI=1S/C17H16Cl2FN3O2/c1-17(2,3)23(16(25)13-11(18)8-9-21-14(13)19)22-15(24)10-6-4-5-7-12(10)20/h4-9H,1-3H3,(H,22,24). The van der Waals surface area contributed by atoms with Crippen LogP contribution in [-0.4, -0.2) is 27.3 Å². The number of pyridine rings is 1. The molecule has 2 rings (SSSR count). The third-order valence-electron chi connectivity index (χ3n) is 3.27. The van der Waals surface area contributed by atoms with Crippen LogP contribution in [0.15, 0.2) is 36.5 Å². The molecule has 132 valence electrons. The quantitative estimate of drug-likeness (QED) is 0.626. The fourth-order valence-electron chi connectivity index (χ4n) is 2.05. The zero-order valence-electron chi connectivity index (χ0n) is 13.8. The first kappa shape index (κ1) is 19.1. The molecule has 1 N–H and O–H groups in total. The maximum Gasteiger partial charge on any atom is 0.277 e. The van der Waals surface area contributed by atoms with Crippen LogP contribution >= 0.6 is 23.2 Å². The molecule has 0 aliphatic heterocycles. The van der Waals surface area contributed by atoms with Gasteiger partial charge >= 0.3 is 0 Å². The van der Waals surface area contributed by atoms with Gasteiger partial charge in [0.15, 0.2) is 0 Å². The van der Waals surface area contributed by atoms with Crippen LogP contribution in [-0.2, 0) is 0 Å². The molecule has 5 nitrogen and oxygen atoms in total. The number of carbonyl (C=O) groups is 2. The second kappa shape index (κ2) is 7.37. The fourth-order valence-corrected chi connectivity index (χ4v) is 2.56. The second-order valence-corrected chi connectivity index (χ2v) is 6.96. The first-order valence-corrected chi connectivity index (χ1v) is 8.08. The molecule has 0 saturated carbocycles. The van der Waals surface area contributed by atoms with Gasteiger partial charge in [-0.3, -0.25) is 15.0 Å². The highest BCUT2D eigenvalue weighted by molar-refractivity contribution is 6.39. The van der Waals surface area contributed by atoms with E-state index in [1.807, 2.05) is 0 Å². The average Bonchev–Trinajstić information content (AvgIpc) is 2.51. The Morgan fingerprint density at radius 2 is 1.80 bits per heavy atom. The van der Waals surface area contributed by atoms with Gasteiger partial charge in [-0.15, -0.1) is 0 Å². The van der Waals surface area contributed by atoms with Crippen molar-refractivity contribution in [2.75, 3.05) is 0 Å². The van der Waals surface area contributed by atoms with E-state index in [9.17, 15) is 14.0 Å². The molecule has 2 aromatic rings. The first-order valence-electron chi connectivity index (χ1n) is 7.33. The van der Waals surface area contributed by atoms with Gasteiger partial charge in [-0.05, 0) is 39.0 Å². The number of hydrogen-bond acceptors (Lipinski definition) is 3. The average molecular weight is 384 g/mol. The highest BCUT2D eigenvalue weighted by Gasteiger charge is 2.32. The molecule has 0 aliphatic carbocycles. The predicted molar refractivity (Wildman–Crippen MR) is 94.0 cm³/mol. The van der Waals surface area contributed by atoms with E-state index in [-0.39, 0.29) is 21.3 Å². The number of nitrogens with zero attached hydrogens (tertiary/aromatic N) is 2. The van der Waals surface area contributed by atoms with Crippen LogP contribution in [0.5, 0.6) is 0 Å². The molecular weight excluding hydrogens is 368 g/mol. The molecule has 0 unspecified atom stereocenters. The van der Waals surface area contributed by atoms with Crippen molar-refractivity contribution in [1.82, 2.24) is 15.4 Å². The number of hydrogen-bond donors (Lipinski definition) is 1. The summed E-state index contributed by atoms with van der Waals surface area (Å²) < 4.78 is 13.8. The maximum absolute atomic E-state index is 13.8. The molecule has 0 aliphatic rings. The van der Waals surface area contributed by atoms with E-state index in [1.165, 1.54) is 30.5 Å². The number of halogens is 3. The van der Waals surface area contributed by atoms with Gasteiger partial charge in [0.25, 0.3) is 11.8 Å². The maximum atomic E-state index is 13.8. The minimum Gasteiger partial charge on any atom is -0.267 e. The molecular formula is C17H16Cl2FN3O2. The van der Waals surface area contributed by atoms with Gasteiger partial charge < -0.3 is 0 Å². The van der Waals surface area contributed by atoms with Crippen LogP contribution in [0.25, 0.3) is 0 Å². The summed E-state index contributed by atoms with van der Waals surface area (Å²) in [5.41, 5.74) is 1.36. The van der Waals surface area contributed by atoms with Crippen molar-refractivity contribution in [3.05, 3.63) is 63.6 Å². The predicted octanol–water partition coefficient (Wildman–Crippen LogP) is 4.11. The number of hydrazine groups is 1. The number of aromatic nitrogens is 1. The van der Waals surface area contributed by atoms with Gasteiger partial charge in [0.1, 0.15) is 11.0 Å². The largest absolute Gasteiger partial charge is 0.277 e. The fraction of sp³-hybridized carbons (Fsp3) is 0.235. The lowest BCUT2D eigenvalue weighted by molar-refractivity contribution is 0.0357. The van der Waals surface area contributed by atoms with Crippen LogP contribution in [0.2, 0.25) is 10.2 Å². The Morgan fingerprint density at radius 1 is 1.16 bits per heavy atom. The summed E-state index contributed by atoms with van der Waals surface area (Å²) in [6.45, 7) is 5.10. The Labute approximate surface area is 154 Å². The van der Waals surface area contributed by atoms with Gasteiger partial charge in [0.2, 0.25) is 0 Å². The summed E-state index contributed by atoms with van der Waals surface area (Å²) >= 11 is 12.0. The lowest BCUT2D eigenvalue weighted by atomic mass is 10.1. The zero-order chi connectivity index (χ0) is 18.8. The normalized spacial score (nSPS) is 11.1. The third-order valence-corrected chi connectivity index (χ3v) is 3.88. The van der Waals surface area contributed by atoms with E-state index in [2.05, 4.69) is 10.4 Å². The van der Waals surface area contributed by atoms with E-state index in [4.69, 9.17) is 23.2 Å². The summed E-state index contributed by atoms with van der Waals surface area (Å²) in [5.74, 6) is -2.11. The number of nitrogens with one attached hydrogen (secondary N) is 1. The van der Waals surface area contributed by atoms with Gasteiger partial charge in [0, 0.05) is 6.20 Å². The molecule has 2 amide bonds. The van der Waals surface area contributed by atoms with Crippen molar-refractivity contribution in [1.29, 1.82) is 0 Å². The summed E-state index contributed by atoms with van der Waals surface area (Å²) in [5, 5.41) is 1.06. The lowest BCUT2D eigenvalue weighted by Crippen LogP contribution is -2.56. The van der Waals surface area contributed by atoms with Crippen molar-refractivity contribution in [3.63, 3.8) is 0 Å². The Balaban J connectivity index is 2.39. The van der Waals surface area contributed by atoms with Crippen LogP contribution in [0.1, 0.15) is 41.5 Å². The molecule has 0 saturated heterocycles. The molecule has 0 radical (unpaired) electrons. The van der Waals surface area contributed by atoms with Gasteiger partial charge in [0.05, 0.1) is 21.7 Å². The number of amides is 2. The van der Waals surface area contributed by atoms with E-state index < -0.39 is 23.2 Å². The van der Waals surface area contributed by atoms with E-state index in [0.29, 0.717) is 0 Å². The SMILES string of the molecule is CC(C)(C)N(NC(=O)c1ccccc1F)C(=O)c1c(Cl)ccnc1Cl. The number of carbonyl (C=O) groups excluding carboxylic acids is 2. The van der Waals surface area contributed by atoms with E-state index in [1.54, 1.807) is 20.8 Å². The Morgan fingerprint density at radius 3 is 2.36 bits per heavy atom. The molecule has 0 spiro atoms. The van der Waals surface area contributed by atoms with Crippen LogP contribution in [0.3, 0.4) is 0 Å². The third kappa shape index (κ3) is 4.27. The van der Waals surface area contributed by atoms with Crippen LogP contribution < -0.4 is 5.43 Å². The Hall–Kier alpha value is -2.18. The second-order valence-electron chi connectivity index (χ2n) is 6.19. The van der Waals surface area contributed by atoms with Gasteiger partial charge in [-0.2, -0.15) is 0 Å². The molecule has 0 fully saturated rings. The Bertz CT molecular complexity index is 802.